The maximum Gasteiger partial charge on any atom is 0.273 e. The number of halogens is 1. The fraction of sp³-hybridized carbons (Fsp3) is 0.692. The predicted octanol–water partition coefficient (Wildman–Crippen LogP) is 2.74. The molecule has 0 unspecified atom stereocenters. The summed E-state index contributed by atoms with van der Waals surface area (Å²) in [5.74, 6) is 1.13. The van der Waals surface area contributed by atoms with E-state index in [-0.39, 0.29) is 11.9 Å². The third kappa shape index (κ3) is 2.76. The summed E-state index contributed by atoms with van der Waals surface area (Å²) in [5.41, 5.74) is 0.475. The zero-order chi connectivity index (χ0) is 13.3. The van der Waals surface area contributed by atoms with Crippen molar-refractivity contribution in [2.75, 3.05) is 0 Å². The van der Waals surface area contributed by atoms with Crippen molar-refractivity contribution >= 4 is 21.8 Å². The third-order valence-corrected chi connectivity index (χ3v) is 4.60. The fourth-order valence-electron chi connectivity index (χ4n) is 2.64. The van der Waals surface area contributed by atoms with Crippen LogP contribution >= 0.6 is 15.9 Å². The Labute approximate surface area is 116 Å². The number of aromatic nitrogens is 2. The van der Waals surface area contributed by atoms with Crippen LogP contribution in [0.3, 0.4) is 0 Å². The molecule has 0 saturated heterocycles. The SMILES string of the molecule is C[C@@H]1[C@H](C)CCC[C@@H]1NC(=O)c1nn(C)cc1Br. The molecule has 18 heavy (non-hydrogen) atoms. The summed E-state index contributed by atoms with van der Waals surface area (Å²) in [7, 11) is 1.81. The predicted molar refractivity (Wildman–Crippen MR) is 74.3 cm³/mol. The Morgan fingerprint density at radius 2 is 2.22 bits per heavy atom. The number of nitrogens with one attached hydrogen (secondary N) is 1. The lowest BCUT2D eigenvalue weighted by Crippen LogP contribution is -2.43. The number of aryl methyl sites for hydroxylation is 1. The van der Waals surface area contributed by atoms with Crippen molar-refractivity contribution in [3.63, 3.8) is 0 Å². The van der Waals surface area contributed by atoms with E-state index in [1.807, 2.05) is 7.05 Å². The normalized spacial score (nSPS) is 28.1. The average Bonchev–Trinajstić information content (AvgIpc) is 2.64. The second-order valence-electron chi connectivity index (χ2n) is 5.35. The van der Waals surface area contributed by atoms with Gasteiger partial charge in [-0.1, -0.05) is 26.7 Å². The van der Waals surface area contributed by atoms with E-state index in [4.69, 9.17) is 0 Å². The molecule has 100 valence electrons. The molecule has 5 heteroatoms. The highest BCUT2D eigenvalue weighted by Gasteiger charge is 2.29. The van der Waals surface area contributed by atoms with Crippen LogP contribution in [0.2, 0.25) is 0 Å². The van der Waals surface area contributed by atoms with Gasteiger partial charge in [-0.05, 0) is 34.2 Å². The van der Waals surface area contributed by atoms with Crippen LogP contribution in [0.4, 0.5) is 0 Å². The van der Waals surface area contributed by atoms with Crippen molar-refractivity contribution in [1.82, 2.24) is 15.1 Å². The summed E-state index contributed by atoms with van der Waals surface area (Å²) in [6.07, 6.45) is 5.32. The summed E-state index contributed by atoms with van der Waals surface area (Å²) >= 11 is 3.37. The Hall–Kier alpha value is -0.840. The van der Waals surface area contributed by atoms with Gasteiger partial charge in [-0.2, -0.15) is 5.10 Å². The van der Waals surface area contributed by atoms with E-state index in [9.17, 15) is 4.79 Å². The number of hydrogen-bond donors (Lipinski definition) is 1. The monoisotopic (exact) mass is 313 g/mol. The number of hydrogen-bond acceptors (Lipinski definition) is 2. The van der Waals surface area contributed by atoms with Gasteiger partial charge in [-0.3, -0.25) is 9.48 Å². The standard InChI is InChI=1S/C13H20BrN3O/c1-8-5-4-6-11(9(8)2)15-13(18)12-10(14)7-17(3)16-12/h7-9,11H,4-6H2,1-3H3,(H,15,18)/t8-,9-,11+/m1/s1. The smallest absolute Gasteiger partial charge is 0.273 e. The molecule has 0 aliphatic heterocycles. The number of carbonyl (C=O) groups excluding carboxylic acids is 1. The molecule has 0 radical (unpaired) electrons. The molecule has 1 amide bonds. The van der Waals surface area contributed by atoms with Crippen LogP contribution < -0.4 is 5.32 Å². The van der Waals surface area contributed by atoms with E-state index in [2.05, 4.69) is 40.2 Å². The van der Waals surface area contributed by atoms with Crippen molar-refractivity contribution < 1.29 is 4.79 Å². The van der Waals surface area contributed by atoms with E-state index in [1.54, 1.807) is 10.9 Å². The molecule has 1 saturated carbocycles. The van der Waals surface area contributed by atoms with Crippen LogP contribution in [0.5, 0.6) is 0 Å². The first-order valence-electron chi connectivity index (χ1n) is 6.49. The molecule has 2 rings (SSSR count). The van der Waals surface area contributed by atoms with Crippen molar-refractivity contribution in [2.45, 2.75) is 39.2 Å². The first kappa shape index (κ1) is 13.6. The molecule has 1 aliphatic rings. The van der Waals surface area contributed by atoms with Crippen LogP contribution in [0.15, 0.2) is 10.7 Å². The topological polar surface area (TPSA) is 46.9 Å². The van der Waals surface area contributed by atoms with Crippen LogP contribution in [0.25, 0.3) is 0 Å². The minimum Gasteiger partial charge on any atom is -0.348 e. The molecule has 1 heterocycles. The second kappa shape index (κ2) is 5.43. The highest BCUT2D eigenvalue weighted by Crippen LogP contribution is 2.29. The maximum atomic E-state index is 12.2. The van der Waals surface area contributed by atoms with Gasteiger partial charge in [0.25, 0.3) is 5.91 Å². The highest BCUT2D eigenvalue weighted by molar-refractivity contribution is 9.10. The third-order valence-electron chi connectivity index (χ3n) is 4.02. The lowest BCUT2D eigenvalue weighted by atomic mass is 9.78. The number of rotatable bonds is 2. The maximum absolute atomic E-state index is 12.2. The van der Waals surface area contributed by atoms with E-state index < -0.39 is 0 Å². The number of nitrogens with zero attached hydrogens (tertiary/aromatic N) is 2. The molecule has 0 bridgehead atoms. The molecule has 4 nitrogen and oxygen atoms in total. The van der Waals surface area contributed by atoms with Crippen LogP contribution in [0, 0.1) is 11.8 Å². The number of carbonyl (C=O) groups is 1. The molecule has 0 aromatic carbocycles. The summed E-state index contributed by atoms with van der Waals surface area (Å²) in [4.78, 5) is 12.2. The Bertz CT molecular complexity index is 443. The first-order chi connectivity index (χ1) is 8.49. The summed E-state index contributed by atoms with van der Waals surface area (Å²) in [6, 6.07) is 0.273. The van der Waals surface area contributed by atoms with Gasteiger partial charge in [-0.15, -0.1) is 0 Å². The quantitative estimate of drug-likeness (QED) is 0.912. The second-order valence-corrected chi connectivity index (χ2v) is 6.20. The lowest BCUT2D eigenvalue weighted by Gasteiger charge is -2.34. The van der Waals surface area contributed by atoms with Crippen molar-refractivity contribution in [3.05, 3.63) is 16.4 Å². The zero-order valence-electron chi connectivity index (χ0n) is 11.1. The largest absolute Gasteiger partial charge is 0.348 e. The van der Waals surface area contributed by atoms with Crippen LogP contribution in [-0.2, 0) is 7.05 Å². The van der Waals surface area contributed by atoms with Gasteiger partial charge >= 0.3 is 0 Å². The average molecular weight is 314 g/mol. The Kier molecular flexibility index (Phi) is 4.10. The lowest BCUT2D eigenvalue weighted by molar-refractivity contribution is 0.0884. The van der Waals surface area contributed by atoms with E-state index in [0.29, 0.717) is 17.5 Å². The first-order valence-corrected chi connectivity index (χ1v) is 7.28. The molecule has 0 spiro atoms. The van der Waals surface area contributed by atoms with Crippen LogP contribution in [-0.4, -0.2) is 21.7 Å². The Morgan fingerprint density at radius 1 is 1.50 bits per heavy atom. The van der Waals surface area contributed by atoms with Gasteiger partial charge in [-0.25, -0.2) is 0 Å². The summed E-state index contributed by atoms with van der Waals surface area (Å²) in [6.45, 7) is 4.49. The molecule has 1 aromatic heterocycles. The molecular formula is C13H20BrN3O. The minimum atomic E-state index is -0.0755. The fourth-order valence-corrected chi connectivity index (χ4v) is 3.19. The van der Waals surface area contributed by atoms with E-state index in [1.165, 1.54) is 12.8 Å². The van der Waals surface area contributed by atoms with Gasteiger partial charge in [0.05, 0.1) is 4.47 Å². The van der Waals surface area contributed by atoms with Gasteiger partial charge in [0.15, 0.2) is 5.69 Å². The van der Waals surface area contributed by atoms with Crippen molar-refractivity contribution in [1.29, 1.82) is 0 Å². The van der Waals surface area contributed by atoms with E-state index in [0.717, 1.165) is 10.9 Å². The minimum absolute atomic E-state index is 0.0755. The highest BCUT2D eigenvalue weighted by atomic mass is 79.9. The molecule has 3 atom stereocenters. The van der Waals surface area contributed by atoms with E-state index >= 15 is 0 Å². The molecule has 1 aliphatic carbocycles. The molecular weight excluding hydrogens is 294 g/mol. The van der Waals surface area contributed by atoms with Crippen molar-refractivity contribution in [2.24, 2.45) is 18.9 Å². The van der Waals surface area contributed by atoms with Crippen molar-refractivity contribution in [3.8, 4) is 0 Å². The summed E-state index contributed by atoms with van der Waals surface area (Å²) in [5, 5.41) is 7.30. The van der Waals surface area contributed by atoms with Crippen LogP contribution in [0.1, 0.15) is 43.6 Å². The van der Waals surface area contributed by atoms with Gasteiger partial charge in [0, 0.05) is 19.3 Å². The molecule has 1 fully saturated rings. The van der Waals surface area contributed by atoms with Gasteiger partial charge < -0.3 is 5.32 Å². The summed E-state index contributed by atoms with van der Waals surface area (Å²) < 4.78 is 2.39. The van der Waals surface area contributed by atoms with Gasteiger partial charge in [0.2, 0.25) is 0 Å². The Morgan fingerprint density at radius 3 is 2.83 bits per heavy atom. The molecule has 1 N–H and O–H groups in total. The molecule has 1 aromatic rings. The van der Waals surface area contributed by atoms with Gasteiger partial charge in [0.1, 0.15) is 0 Å². The Balaban J connectivity index is 2.05. The number of amides is 1. The zero-order valence-corrected chi connectivity index (χ0v) is 12.7.